The fraction of sp³-hybridized carbons (Fsp3) is 0.0769. The van der Waals surface area contributed by atoms with E-state index in [-0.39, 0.29) is 23.7 Å². The summed E-state index contributed by atoms with van der Waals surface area (Å²) in [7, 11) is 0. The maximum absolute atomic E-state index is 13.9. The molecule has 4 rings (SSSR count). The Hall–Kier alpha value is -4.63. The Kier molecular flexibility index (Phi) is 7.39. The van der Waals surface area contributed by atoms with E-state index in [1.807, 2.05) is 30.3 Å². The Morgan fingerprint density at radius 3 is 2.40 bits per heavy atom. The largest absolute Gasteiger partial charge is 0.424 e. The van der Waals surface area contributed by atoms with E-state index in [2.05, 4.69) is 20.5 Å². The van der Waals surface area contributed by atoms with Gasteiger partial charge in [-0.3, -0.25) is 4.79 Å². The molecule has 1 heterocycles. The third-order valence-electron chi connectivity index (χ3n) is 5.02. The van der Waals surface area contributed by atoms with Crippen LogP contribution in [0.2, 0.25) is 0 Å². The number of ether oxygens (including phenoxy) is 1. The summed E-state index contributed by atoms with van der Waals surface area (Å²) in [5.41, 5.74) is 14.3. The van der Waals surface area contributed by atoms with E-state index in [1.165, 1.54) is 12.1 Å². The molecule has 35 heavy (non-hydrogen) atoms. The Labute approximate surface area is 201 Å². The number of carbonyl (C=O) groups excluding carboxylic acids is 1. The highest BCUT2D eigenvalue weighted by Gasteiger charge is 2.18. The molecule has 1 atom stereocenters. The molecule has 0 fully saturated rings. The number of esters is 1. The molecule has 0 amide bonds. The molecule has 0 aliphatic carbocycles. The molecule has 0 aliphatic heterocycles. The fourth-order valence-corrected chi connectivity index (χ4v) is 3.33. The van der Waals surface area contributed by atoms with Crippen LogP contribution in [0.25, 0.3) is 11.3 Å². The summed E-state index contributed by atoms with van der Waals surface area (Å²) < 4.78 is 19.4. The highest BCUT2D eigenvalue weighted by molar-refractivity contribution is 5.95. The van der Waals surface area contributed by atoms with Crippen LogP contribution >= 0.6 is 0 Å². The summed E-state index contributed by atoms with van der Waals surface area (Å²) in [5.74, 6) is -0.535. The number of nitrogens with two attached hydrogens (primary N) is 2. The van der Waals surface area contributed by atoms with Crippen LogP contribution in [0.5, 0.6) is 5.75 Å². The van der Waals surface area contributed by atoms with Crippen LogP contribution in [0, 0.1) is 5.82 Å². The number of guanidine groups is 1. The molecule has 0 bridgehead atoms. The highest BCUT2D eigenvalue weighted by atomic mass is 19.1. The molecule has 176 valence electrons. The van der Waals surface area contributed by atoms with Crippen LogP contribution < -0.4 is 21.5 Å². The van der Waals surface area contributed by atoms with Crippen LogP contribution in [-0.4, -0.2) is 22.1 Å². The number of halogens is 1. The summed E-state index contributed by atoms with van der Waals surface area (Å²) in [6.07, 6.45) is -0.206. The summed E-state index contributed by atoms with van der Waals surface area (Å²) in [6, 6.07) is 25.0. The number of nitrogens with one attached hydrogen (secondary N) is 1. The molecule has 0 aliphatic rings. The van der Waals surface area contributed by atoms with Gasteiger partial charge in [0.1, 0.15) is 5.82 Å². The number of carbonyl (C=O) groups is 1. The number of nitrogens with zero attached hydrogens (tertiary/aromatic N) is 3. The standard InChI is InChI=1S/C26H23FN6O2/c27-19-11-5-4-10-18(19)20(28)16-25(34)35-23-13-7-6-12-22(23)30-26(29)31-24-15-14-21(32-33-24)17-8-2-1-3-9-17/h1-15,20H,16,28H2,(H3,29,30,31,33). The molecule has 9 heteroatoms. The first-order chi connectivity index (χ1) is 17.0. The van der Waals surface area contributed by atoms with Crippen molar-refractivity contribution >= 4 is 23.4 Å². The lowest BCUT2D eigenvalue weighted by molar-refractivity contribution is -0.134. The molecule has 1 unspecified atom stereocenters. The topological polar surface area (TPSA) is 129 Å². The van der Waals surface area contributed by atoms with Gasteiger partial charge in [0, 0.05) is 17.2 Å². The number of para-hydroxylation sites is 2. The van der Waals surface area contributed by atoms with Gasteiger partial charge in [-0.2, -0.15) is 4.99 Å². The molecule has 0 saturated heterocycles. The second kappa shape index (κ2) is 11.0. The molecule has 0 radical (unpaired) electrons. The minimum absolute atomic E-state index is 0.0262. The molecule has 4 aromatic rings. The highest BCUT2D eigenvalue weighted by Crippen LogP contribution is 2.26. The summed E-state index contributed by atoms with van der Waals surface area (Å²) in [6.45, 7) is 0. The number of hydrogen-bond acceptors (Lipinski definition) is 6. The number of hydrogen-bond donors (Lipinski definition) is 3. The molecular formula is C26H23FN6O2. The van der Waals surface area contributed by atoms with Gasteiger partial charge >= 0.3 is 5.97 Å². The average molecular weight is 471 g/mol. The fourth-order valence-electron chi connectivity index (χ4n) is 3.33. The Balaban J connectivity index is 1.42. The zero-order chi connectivity index (χ0) is 24.6. The second-order valence-electron chi connectivity index (χ2n) is 7.57. The van der Waals surface area contributed by atoms with Gasteiger partial charge in [0.05, 0.1) is 17.8 Å². The molecule has 1 aromatic heterocycles. The van der Waals surface area contributed by atoms with E-state index >= 15 is 0 Å². The predicted octanol–water partition coefficient (Wildman–Crippen LogP) is 4.34. The Bertz CT molecular complexity index is 1330. The van der Waals surface area contributed by atoms with E-state index in [0.29, 0.717) is 17.2 Å². The average Bonchev–Trinajstić information content (AvgIpc) is 2.86. The first kappa shape index (κ1) is 23.5. The maximum atomic E-state index is 13.9. The van der Waals surface area contributed by atoms with Gasteiger partial charge in [-0.1, -0.05) is 60.7 Å². The van der Waals surface area contributed by atoms with Crippen molar-refractivity contribution in [2.24, 2.45) is 16.5 Å². The van der Waals surface area contributed by atoms with Gasteiger partial charge < -0.3 is 21.5 Å². The molecule has 3 aromatic carbocycles. The maximum Gasteiger partial charge on any atom is 0.313 e. The normalized spacial score (nSPS) is 12.1. The zero-order valence-electron chi connectivity index (χ0n) is 18.6. The molecule has 0 spiro atoms. The lowest BCUT2D eigenvalue weighted by Crippen LogP contribution is -2.23. The van der Waals surface area contributed by atoms with Crippen LogP contribution in [0.1, 0.15) is 18.0 Å². The molecule has 5 N–H and O–H groups in total. The molecule has 0 saturated carbocycles. The lowest BCUT2D eigenvalue weighted by Gasteiger charge is -2.14. The van der Waals surface area contributed by atoms with E-state index < -0.39 is 17.8 Å². The quantitative estimate of drug-likeness (QED) is 0.159. The zero-order valence-corrected chi connectivity index (χ0v) is 18.6. The second-order valence-corrected chi connectivity index (χ2v) is 7.57. The van der Waals surface area contributed by atoms with Crippen LogP contribution in [0.4, 0.5) is 15.9 Å². The van der Waals surface area contributed by atoms with Crippen molar-refractivity contribution in [3.8, 4) is 17.0 Å². The Morgan fingerprint density at radius 1 is 0.943 bits per heavy atom. The van der Waals surface area contributed by atoms with Crippen LogP contribution in [0.3, 0.4) is 0 Å². The van der Waals surface area contributed by atoms with Crippen LogP contribution in [0.15, 0.2) is 96.0 Å². The minimum Gasteiger partial charge on any atom is -0.424 e. The molecule has 8 nitrogen and oxygen atoms in total. The van der Waals surface area contributed by atoms with E-state index in [4.69, 9.17) is 16.2 Å². The SMILES string of the molecule is NC(=Nc1ccc(-c2ccccc2)nn1)Nc1ccccc1OC(=O)CC(N)c1ccccc1F. The first-order valence-electron chi connectivity index (χ1n) is 10.8. The minimum atomic E-state index is -0.840. The van der Waals surface area contributed by atoms with Crippen LogP contribution in [-0.2, 0) is 4.79 Å². The van der Waals surface area contributed by atoms with Gasteiger partial charge in [-0.05, 0) is 30.3 Å². The predicted molar refractivity (Wildman–Crippen MR) is 132 cm³/mol. The number of anilines is 1. The van der Waals surface area contributed by atoms with Gasteiger partial charge in [0.25, 0.3) is 0 Å². The third kappa shape index (κ3) is 6.24. The number of rotatable bonds is 7. The van der Waals surface area contributed by atoms with Gasteiger partial charge in [-0.15, -0.1) is 10.2 Å². The van der Waals surface area contributed by atoms with E-state index in [1.54, 1.807) is 48.5 Å². The van der Waals surface area contributed by atoms with Crippen molar-refractivity contribution in [3.63, 3.8) is 0 Å². The molecular weight excluding hydrogens is 447 g/mol. The first-order valence-corrected chi connectivity index (χ1v) is 10.8. The van der Waals surface area contributed by atoms with Gasteiger partial charge in [0.2, 0.25) is 0 Å². The number of aromatic nitrogens is 2. The number of benzene rings is 3. The third-order valence-corrected chi connectivity index (χ3v) is 5.02. The van der Waals surface area contributed by atoms with Gasteiger partial charge in [-0.25, -0.2) is 4.39 Å². The van der Waals surface area contributed by atoms with Crippen molar-refractivity contribution < 1.29 is 13.9 Å². The van der Waals surface area contributed by atoms with E-state index in [9.17, 15) is 9.18 Å². The summed E-state index contributed by atoms with van der Waals surface area (Å²) >= 11 is 0. The van der Waals surface area contributed by atoms with E-state index in [0.717, 1.165) is 5.56 Å². The number of aliphatic imine (C=N–C) groups is 1. The Morgan fingerprint density at radius 2 is 1.66 bits per heavy atom. The summed E-state index contributed by atoms with van der Waals surface area (Å²) in [4.78, 5) is 16.7. The van der Waals surface area contributed by atoms with Crippen molar-refractivity contribution in [2.45, 2.75) is 12.5 Å². The van der Waals surface area contributed by atoms with Crippen molar-refractivity contribution in [2.75, 3.05) is 5.32 Å². The smallest absolute Gasteiger partial charge is 0.313 e. The van der Waals surface area contributed by atoms with Crippen molar-refractivity contribution in [3.05, 3.63) is 102 Å². The van der Waals surface area contributed by atoms with Crippen molar-refractivity contribution in [1.29, 1.82) is 0 Å². The monoisotopic (exact) mass is 470 g/mol. The lowest BCUT2D eigenvalue weighted by atomic mass is 10.0. The summed E-state index contributed by atoms with van der Waals surface area (Å²) in [5, 5.41) is 11.2. The van der Waals surface area contributed by atoms with Crippen molar-refractivity contribution in [1.82, 2.24) is 10.2 Å². The van der Waals surface area contributed by atoms with Gasteiger partial charge in [0.15, 0.2) is 17.5 Å².